The molecule has 0 aliphatic heterocycles. The van der Waals surface area contributed by atoms with E-state index in [2.05, 4.69) is 16.3 Å². The molecule has 1 N–H and O–H groups in total. The first-order chi connectivity index (χ1) is 6.59. The van der Waals surface area contributed by atoms with Crippen LogP contribution in [0.4, 0.5) is 5.69 Å². The lowest BCUT2D eigenvalue weighted by Crippen LogP contribution is -2.20. The van der Waals surface area contributed by atoms with Crippen LogP contribution in [0.25, 0.3) is 0 Å². The third-order valence-electron chi connectivity index (χ3n) is 1.80. The Morgan fingerprint density at radius 1 is 1.79 bits per heavy atom. The number of rotatable bonds is 4. The number of amides is 1. The van der Waals surface area contributed by atoms with Crippen LogP contribution in [0.5, 0.6) is 0 Å². The van der Waals surface area contributed by atoms with Crippen molar-refractivity contribution in [3.63, 3.8) is 0 Å². The van der Waals surface area contributed by atoms with Crippen LogP contribution in [0.1, 0.15) is 20.3 Å². The highest BCUT2D eigenvalue weighted by atomic mass is 32.1. The Labute approximate surface area is 88.0 Å². The highest BCUT2D eigenvalue weighted by Crippen LogP contribution is 2.13. The minimum Gasteiger partial charge on any atom is -0.324 e. The van der Waals surface area contributed by atoms with Gasteiger partial charge >= 0.3 is 0 Å². The molecule has 1 unspecified atom stereocenters. The smallest absolute Gasteiger partial charge is 0.227 e. The molecule has 0 aliphatic carbocycles. The molecule has 1 atom stereocenters. The molecule has 1 heterocycles. The fourth-order valence-electron chi connectivity index (χ4n) is 1.15. The third-order valence-corrected chi connectivity index (χ3v) is 2.39. The van der Waals surface area contributed by atoms with Crippen LogP contribution in [0.3, 0.4) is 0 Å². The molecule has 3 nitrogen and oxygen atoms in total. The Bertz CT molecular complexity index is 319. The zero-order valence-electron chi connectivity index (χ0n) is 8.41. The maximum absolute atomic E-state index is 11.6. The second-order valence-corrected chi connectivity index (χ2v) is 4.12. The number of aromatic nitrogens is 1. The van der Waals surface area contributed by atoms with Crippen molar-refractivity contribution in [1.29, 1.82) is 0 Å². The highest BCUT2D eigenvalue weighted by molar-refractivity contribution is 7.04. The lowest BCUT2D eigenvalue weighted by molar-refractivity contribution is -0.119. The van der Waals surface area contributed by atoms with E-state index >= 15 is 0 Å². The normalized spacial score (nSPS) is 12.1. The van der Waals surface area contributed by atoms with Crippen LogP contribution in [0.15, 0.2) is 23.7 Å². The first-order valence-corrected chi connectivity index (χ1v) is 5.28. The first-order valence-electron chi connectivity index (χ1n) is 4.44. The number of hydrogen-bond acceptors (Lipinski definition) is 3. The molecule has 0 saturated heterocycles. The van der Waals surface area contributed by atoms with E-state index in [1.807, 2.05) is 19.2 Å². The predicted molar refractivity (Wildman–Crippen MR) is 59.3 cm³/mol. The molecular formula is C10H14N2OS. The van der Waals surface area contributed by atoms with Gasteiger partial charge in [-0.1, -0.05) is 12.5 Å². The predicted octanol–water partition coefficient (Wildman–Crippen LogP) is 2.68. The Hall–Kier alpha value is -1.16. The van der Waals surface area contributed by atoms with Gasteiger partial charge in [-0.05, 0) is 24.9 Å². The van der Waals surface area contributed by atoms with Gasteiger partial charge in [-0.15, -0.1) is 6.58 Å². The molecule has 0 radical (unpaired) electrons. The largest absolute Gasteiger partial charge is 0.324 e. The van der Waals surface area contributed by atoms with Crippen molar-refractivity contribution < 1.29 is 4.79 Å². The fraction of sp³-hybridized carbons (Fsp3) is 0.400. The average Bonchev–Trinajstić information content (AvgIpc) is 2.55. The minimum absolute atomic E-state index is 0.0215. The molecule has 4 heteroatoms. The van der Waals surface area contributed by atoms with Crippen LogP contribution in [-0.2, 0) is 4.79 Å². The number of hydrogen-bond donors (Lipinski definition) is 1. The van der Waals surface area contributed by atoms with Gasteiger partial charge in [0.15, 0.2) is 0 Å². The third kappa shape index (κ3) is 3.30. The summed E-state index contributed by atoms with van der Waals surface area (Å²) in [5.74, 6) is -0.0133. The van der Waals surface area contributed by atoms with Crippen molar-refractivity contribution >= 4 is 23.1 Å². The van der Waals surface area contributed by atoms with Crippen LogP contribution in [0.2, 0.25) is 0 Å². The second-order valence-electron chi connectivity index (χ2n) is 3.46. The summed E-state index contributed by atoms with van der Waals surface area (Å²) in [4.78, 5) is 11.6. The molecule has 76 valence electrons. The molecule has 1 rings (SSSR count). The molecule has 1 amide bonds. The van der Waals surface area contributed by atoms with Crippen molar-refractivity contribution in [3.8, 4) is 0 Å². The fourth-order valence-corrected chi connectivity index (χ4v) is 1.62. The van der Waals surface area contributed by atoms with Gasteiger partial charge in [-0.25, -0.2) is 0 Å². The Morgan fingerprint density at radius 3 is 3.00 bits per heavy atom. The Kier molecular flexibility index (Phi) is 3.83. The first kappa shape index (κ1) is 10.9. The van der Waals surface area contributed by atoms with Crippen molar-refractivity contribution in [3.05, 3.63) is 23.7 Å². The van der Waals surface area contributed by atoms with Gasteiger partial charge in [0.2, 0.25) is 5.91 Å². The zero-order chi connectivity index (χ0) is 10.6. The molecule has 0 aromatic carbocycles. The molecule has 0 aliphatic rings. The number of nitrogens with zero attached hydrogens (tertiary/aromatic N) is 1. The summed E-state index contributed by atoms with van der Waals surface area (Å²) in [6.45, 7) is 7.60. The Morgan fingerprint density at radius 2 is 2.50 bits per heavy atom. The number of carbonyl (C=O) groups excluding carboxylic acids is 1. The number of nitrogens with one attached hydrogen (secondary N) is 1. The topological polar surface area (TPSA) is 42.0 Å². The van der Waals surface area contributed by atoms with Gasteiger partial charge in [0, 0.05) is 11.3 Å². The monoisotopic (exact) mass is 210 g/mol. The summed E-state index contributed by atoms with van der Waals surface area (Å²) >= 11 is 1.32. The Balaban J connectivity index is 2.46. The van der Waals surface area contributed by atoms with Crippen LogP contribution >= 0.6 is 11.5 Å². The van der Waals surface area contributed by atoms with Crippen molar-refractivity contribution in [2.24, 2.45) is 5.92 Å². The quantitative estimate of drug-likeness (QED) is 0.776. The zero-order valence-corrected chi connectivity index (χ0v) is 9.23. The summed E-state index contributed by atoms with van der Waals surface area (Å²) in [6, 6.07) is 0. The van der Waals surface area contributed by atoms with Crippen LogP contribution in [-0.4, -0.2) is 10.3 Å². The van der Waals surface area contributed by atoms with E-state index in [0.29, 0.717) is 0 Å². The van der Waals surface area contributed by atoms with E-state index in [0.717, 1.165) is 17.7 Å². The van der Waals surface area contributed by atoms with Gasteiger partial charge in [0.05, 0.1) is 11.9 Å². The van der Waals surface area contributed by atoms with Gasteiger partial charge < -0.3 is 5.32 Å². The lowest BCUT2D eigenvalue weighted by atomic mass is 10.0. The molecule has 0 bridgehead atoms. The van der Waals surface area contributed by atoms with Gasteiger partial charge in [-0.3, -0.25) is 4.79 Å². The molecule has 1 aromatic heterocycles. The van der Waals surface area contributed by atoms with Crippen LogP contribution < -0.4 is 5.32 Å². The summed E-state index contributed by atoms with van der Waals surface area (Å²) in [7, 11) is 0. The highest BCUT2D eigenvalue weighted by Gasteiger charge is 2.12. The van der Waals surface area contributed by atoms with Gasteiger partial charge in [0.1, 0.15) is 0 Å². The van der Waals surface area contributed by atoms with Crippen molar-refractivity contribution in [1.82, 2.24) is 4.37 Å². The van der Waals surface area contributed by atoms with Gasteiger partial charge in [-0.2, -0.15) is 4.37 Å². The maximum Gasteiger partial charge on any atom is 0.227 e. The van der Waals surface area contributed by atoms with E-state index in [-0.39, 0.29) is 11.8 Å². The van der Waals surface area contributed by atoms with E-state index in [1.165, 1.54) is 11.5 Å². The number of allylic oxidation sites excluding steroid dienone is 1. The molecular weight excluding hydrogens is 196 g/mol. The number of anilines is 1. The van der Waals surface area contributed by atoms with Crippen LogP contribution in [0, 0.1) is 5.92 Å². The molecule has 0 saturated carbocycles. The second kappa shape index (κ2) is 4.91. The molecule has 0 spiro atoms. The lowest BCUT2D eigenvalue weighted by Gasteiger charge is -2.10. The molecule has 1 aromatic rings. The van der Waals surface area contributed by atoms with Gasteiger partial charge in [0.25, 0.3) is 0 Å². The molecule has 0 fully saturated rings. The van der Waals surface area contributed by atoms with E-state index in [4.69, 9.17) is 0 Å². The van der Waals surface area contributed by atoms with E-state index in [9.17, 15) is 4.79 Å². The summed E-state index contributed by atoms with van der Waals surface area (Å²) in [5, 5.41) is 4.61. The van der Waals surface area contributed by atoms with Crippen molar-refractivity contribution in [2.45, 2.75) is 20.3 Å². The maximum atomic E-state index is 11.6. The molecule has 14 heavy (non-hydrogen) atoms. The number of carbonyl (C=O) groups is 1. The standard InChI is InChI=1S/C10H14N2OS/c1-7(2)4-8(3)10(13)12-9-5-11-14-6-9/h5-6,8H,1,4H2,2-3H3,(H,12,13). The van der Waals surface area contributed by atoms with E-state index in [1.54, 1.807) is 6.20 Å². The summed E-state index contributed by atoms with van der Waals surface area (Å²) in [5.41, 5.74) is 1.80. The summed E-state index contributed by atoms with van der Waals surface area (Å²) in [6.07, 6.45) is 2.37. The average molecular weight is 210 g/mol. The van der Waals surface area contributed by atoms with Crippen molar-refractivity contribution in [2.75, 3.05) is 5.32 Å². The SMILES string of the molecule is C=C(C)CC(C)C(=O)Nc1cnsc1. The minimum atomic E-state index is -0.0348. The van der Waals surface area contributed by atoms with E-state index < -0.39 is 0 Å². The summed E-state index contributed by atoms with van der Waals surface area (Å²) < 4.78 is 3.90.